The zero-order valence-corrected chi connectivity index (χ0v) is 17.8. The van der Waals surface area contributed by atoms with Crippen molar-refractivity contribution in [2.24, 2.45) is 0 Å². The average molecular weight is 584 g/mol. The monoisotopic (exact) mass is 584 g/mol. The fraction of sp³-hybridized carbons (Fsp3) is 0.667. The van der Waals surface area contributed by atoms with Crippen molar-refractivity contribution in [3.8, 4) is 5.75 Å². The highest BCUT2D eigenvalue weighted by Crippen LogP contribution is 2.64. The van der Waals surface area contributed by atoms with Gasteiger partial charge in [0.15, 0.2) is 0 Å². The fourth-order valence-corrected chi connectivity index (χ4v) is 2.92. The molecule has 0 radical (unpaired) electrons. The van der Waals surface area contributed by atoms with Gasteiger partial charge in [-0.1, -0.05) is 18.2 Å². The molecule has 0 fully saturated rings. The quantitative estimate of drug-likeness (QED) is 0.293. The summed E-state index contributed by atoms with van der Waals surface area (Å²) in [5.74, 6) is -57.8. The van der Waals surface area contributed by atoms with Crippen molar-refractivity contribution in [2.45, 2.75) is 66.6 Å². The molecule has 1 aromatic carbocycles. The van der Waals surface area contributed by atoms with Crippen LogP contribution in [0.2, 0.25) is 0 Å². The molecule has 216 valence electrons. The molecule has 0 spiro atoms. The first-order chi connectivity index (χ1) is 16.0. The minimum absolute atomic E-state index is 0.206. The molecule has 1 rings (SSSR count). The molecular weight excluding hydrogens is 571 g/mol. The largest absolute Gasteiger partial charge is 0.496 e. The second-order valence-corrected chi connectivity index (χ2v) is 7.80. The topological polar surface area (TPSA) is 29.5 Å². The SMILES string of the molecule is COc1ccccc1C(C)(O)CC(F)(F)C(F)(F)C(F)(F)C(F)(F)C(F)(F)C(F)(F)C(F)(F)C(F)(F)F. The van der Waals surface area contributed by atoms with E-state index >= 15 is 0 Å². The molecule has 0 saturated heterocycles. The number of rotatable bonds is 10. The smallest absolute Gasteiger partial charge is 0.460 e. The second kappa shape index (κ2) is 8.93. The van der Waals surface area contributed by atoms with E-state index in [1.807, 2.05) is 0 Å². The summed E-state index contributed by atoms with van der Waals surface area (Å²) in [5.41, 5.74) is -4.31. The first kappa shape index (κ1) is 32.8. The predicted molar refractivity (Wildman–Crippen MR) is 87.9 cm³/mol. The van der Waals surface area contributed by atoms with Gasteiger partial charge in [0, 0.05) is 5.56 Å². The van der Waals surface area contributed by atoms with Gasteiger partial charge in [-0.15, -0.1) is 0 Å². The van der Waals surface area contributed by atoms with Crippen LogP contribution < -0.4 is 4.74 Å². The summed E-state index contributed by atoms with van der Waals surface area (Å²) in [6.07, 6.45) is -10.8. The predicted octanol–water partition coefficient (Wildman–Crippen LogP) is 7.30. The van der Waals surface area contributed by atoms with Gasteiger partial charge in [0.25, 0.3) is 0 Å². The summed E-state index contributed by atoms with van der Waals surface area (Å²) in [5, 5.41) is 10.1. The molecule has 0 aliphatic carbocycles. The minimum atomic E-state index is -8.70. The molecule has 1 unspecified atom stereocenters. The normalized spacial score (nSPS) is 17.0. The number of aliphatic hydroxyl groups is 1. The van der Waals surface area contributed by atoms with Crippen LogP contribution >= 0.6 is 0 Å². The zero-order chi connectivity index (χ0) is 29.9. The van der Waals surface area contributed by atoms with Crippen molar-refractivity contribution in [1.29, 1.82) is 0 Å². The van der Waals surface area contributed by atoms with Crippen molar-refractivity contribution < 1.29 is 84.5 Å². The van der Waals surface area contributed by atoms with Gasteiger partial charge >= 0.3 is 47.6 Å². The maximum Gasteiger partial charge on any atom is 0.460 e. The zero-order valence-electron chi connectivity index (χ0n) is 17.8. The molecule has 0 aliphatic heterocycles. The van der Waals surface area contributed by atoms with Crippen LogP contribution in [-0.2, 0) is 5.60 Å². The molecule has 19 heteroatoms. The number of hydrogen-bond acceptors (Lipinski definition) is 2. The Morgan fingerprint density at radius 3 is 1.32 bits per heavy atom. The Morgan fingerprint density at radius 1 is 0.595 bits per heavy atom. The average Bonchev–Trinajstić information content (AvgIpc) is 2.71. The fourth-order valence-electron chi connectivity index (χ4n) is 2.92. The Labute approximate surface area is 195 Å². The van der Waals surface area contributed by atoms with E-state index in [4.69, 9.17) is 0 Å². The van der Waals surface area contributed by atoms with Crippen molar-refractivity contribution >= 4 is 0 Å². The van der Waals surface area contributed by atoms with Crippen molar-refractivity contribution in [3.05, 3.63) is 29.8 Å². The molecule has 1 N–H and O–H groups in total. The number of benzene rings is 1. The molecule has 1 atom stereocenters. The first-order valence-corrected chi connectivity index (χ1v) is 9.08. The van der Waals surface area contributed by atoms with Crippen LogP contribution in [-0.4, -0.2) is 59.9 Å². The van der Waals surface area contributed by atoms with E-state index in [1.165, 1.54) is 0 Å². The van der Waals surface area contributed by atoms with Gasteiger partial charge in [-0.25, -0.2) is 0 Å². The number of ether oxygens (including phenoxy) is 1. The third kappa shape index (κ3) is 4.64. The number of alkyl halides is 17. The number of halogens is 17. The Balaban J connectivity index is 3.65. The summed E-state index contributed by atoms with van der Waals surface area (Å²) in [6, 6.07) is 3.62. The molecule has 0 aromatic heterocycles. The van der Waals surface area contributed by atoms with Crippen LogP contribution in [0.25, 0.3) is 0 Å². The van der Waals surface area contributed by atoms with E-state index in [-0.39, 0.29) is 6.92 Å². The molecule has 2 nitrogen and oxygen atoms in total. The van der Waals surface area contributed by atoms with Crippen LogP contribution in [0.1, 0.15) is 18.9 Å². The number of hydrogen-bond donors (Lipinski definition) is 1. The number of para-hydroxylation sites is 1. The summed E-state index contributed by atoms with van der Waals surface area (Å²) in [6.45, 7) is 0.206. The van der Waals surface area contributed by atoms with Crippen LogP contribution in [0.4, 0.5) is 74.6 Å². The van der Waals surface area contributed by atoms with E-state index in [1.54, 1.807) is 0 Å². The Hall–Kier alpha value is -2.21. The Morgan fingerprint density at radius 2 is 0.946 bits per heavy atom. The van der Waals surface area contributed by atoms with Gasteiger partial charge in [0.05, 0.1) is 19.1 Å². The lowest BCUT2D eigenvalue weighted by Crippen LogP contribution is -2.74. The molecule has 37 heavy (non-hydrogen) atoms. The number of methoxy groups -OCH3 is 1. The van der Waals surface area contributed by atoms with Gasteiger partial charge < -0.3 is 9.84 Å². The third-order valence-corrected chi connectivity index (χ3v) is 5.04. The van der Waals surface area contributed by atoms with Crippen molar-refractivity contribution in [3.63, 3.8) is 0 Å². The van der Waals surface area contributed by atoms with Gasteiger partial charge in [0.1, 0.15) is 5.75 Å². The molecule has 0 bridgehead atoms. The summed E-state index contributed by atoms with van der Waals surface area (Å²) in [4.78, 5) is 0. The van der Waals surface area contributed by atoms with Gasteiger partial charge in [0.2, 0.25) is 0 Å². The summed E-state index contributed by atoms with van der Waals surface area (Å²) >= 11 is 0. The van der Waals surface area contributed by atoms with E-state index in [0.29, 0.717) is 6.07 Å². The molecule has 1 aromatic rings. The molecular formula is C18H13F17O2. The van der Waals surface area contributed by atoms with Crippen molar-refractivity contribution in [1.82, 2.24) is 0 Å². The Kier molecular flexibility index (Phi) is 7.92. The van der Waals surface area contributed by atoms with E-state index in [0.717, 1.165) is 25.3 Å². The van der Waals surface area contributed by atoms with Gasteiger partial charge in [-0.05, 0) is 13.0 Å². The van der Waals surface area contributed by atoms with Crippen LogP contribution in [0.15, 0.2) is 24.3 Å². The lowest BCUT2D eigenvalue weighted by molar-refractivity contribution is -0.462. The second-order valence-electron chi connectivity index (χ2n) is 7.80. The first-order valence-electron chi connectivity index (χ1n) is 9.08. The Bertz CT molecular complexity index is 965. The highest BCUT2D eigenvalue weighted by Gasteiger charge is 2.95. The maximum atomic E-state index is 14.2. The van der Waals surface area contributed by atoms with Crippen LogP contribution in [0, 0.1) is 0 Å². The molecule has 0 aliphatic rings. The summed E-state index contributed by atoms with van der Waals surface area (Å²) in [7, 11) is 0.829. The lowest BCUT2D eigenvalue weighted by atomic mass is 9.83. The lowest BCUT2D eigenvalue weighted by Gasteiger charge is -2.43. The standard InChI is InChI=1S/C18H13F17O2/c1-10(36,8-5-3-4-6-9(8)37-2)7-11(19,20)12(21,22)13(23,24)14(25,26)15(27,28)16(29,30)17(31,32)18(33,34)35/h3-6,36H,7H2,1-2H3. The molecule has 0 amide bonds. The van der Waals surface area contributed by atoms with E-state index in [2.05, 4.69) is 4.74 Å². The maximum absolute atomic E-state index is 14.2. The third-order valence-electron chi connectivity index (χ3n) is 5.04. The van der Waals surface area contributed by atoms with Crippen molar-refractivity contribution in [2.75, 3.05) is 7.11 Å². The van der Waals surface area contributed by atoms with E-state index < -0.39 is 71.0 Å². The molecule has 0 saturated carbocycles. The summed E-state index contributed by atoms with van der Waals surface area (Å²) < 4.78 is 232. The minimum Gasteiger partial charge on any atom is -0.496 e. The van der Waals surface area contributed by atoms with Crippen LogP contribution in [0.3, 0.4) is 0 Å². The molecule has 0 heterocycles. The highest BCUT2D eigenvalue weighted by molar-refractivity contribution is 5.38. The van der Waals surface area contributed by atoms with E-state index in [9.17, 15) is 79.7 Å². The van der Waals surface area contributed by atoms with Crippen LogP contribution in [0.5, 0.6) is 5.75 Å². The van der Waals surface area contributed by atoms with Gasteiger partial charge in [-0.3, -0.25) is 0 Å². The highest BCUT2D eigenvalue weighted by atomic mass is 19.4. The van der Waals surface area contributed by atoms with Gasteiger partial charge in [-0.2, -0.15) is 74.6 Å².